The second-order valence-corrected chi connectivity index (χ2v) is 9.55. The number of aromatic nitrogens is 1. The van der Waals surface area contributed by atoms with Crippen LogP contribution in [-0.4, -0.2) is 10.5 Å². The maximum Gasteiger partial charge on any atom is 0.253 e. The average Bonchev–Trinajstić information content (AvgIpc) is 3.57. The van der Waals surface area contributed by atoms with E-state index in [-0.39, 0.29) is 18.0 Å². The van der Waals surface area contributed by atoms with Crippen molar-refractivity contribution in [3.63, 3.8) is 0 Å². The van der Waals surface area contributed by atoms with Crippen molar-refractivity contribution in [2.45, 2.75) is 12.1 Å². The molecule has 158 valence electrons. The summed E-state index contributed by atoms with van der Waals surface area (Å²) < 4.78 is 2.04. The van der Waals surface area contributed by atoms with Gasteiger partial charge in [-0.15, -0.1) is 11.3 Å². The van der Waals surface area contributed by atoms with E-state index < -0.39 is 0 Å². The Morgan fingerprint density at radius 2 is 1.36 bits per heavy atom. The van der Waals surface area contributed by atoms with Crippen LogP contribution in [-0.2, 0) is 4.79 Å². The van der Waals surface area contributed by atoms with Gasteiger partial charge in [0.05, 0.1) is 5.69 Å². The van der Waals surface area contributed by atoms with Crippen LogP contribution >= 0.6 is 11.3 Å². The van der Waals surface area contributed by atoms with Crippen LogP contribution in [0, 0.1) is 0 Å². The Balaban J connectivity index is 1.52. The molecule has 6 aromatic rings. The zero-order valence-corrected chi connectivity index (χ0v) is 18.6. The van der Waals surface area contributed by atoms with E-state index in [0.29, 0.717) is 0 Å². The number of fused-ring (bicyclic) bond motifs is 5. The second kappa shape index (κ2) is 7.06. The van der Waals surface area contributed by atoms with Gasteiger partial charge in [-0.25, -0.2) is 0 Å². The van der Waals surface area contributed by atoms with Crippen LogP contribution in [0.25, 0.3) is 32.3 Å². The topological polar surface area (TPSA) is 25.2 Å². The lowest BCUT2D eigenvalue weighted by Gasteiger charge is -2.47. The fourth-order valence-electron chi connectivity index (χ4n) is 5.35. The third kappa shape index (κ3) is 2.65. The Kier molecular flexibility index (Phi) is 3.99. The molecule has 7 rings (SSSR count). The summed E-state index contributed by atoms with van der Waals surface area (Å²) in [5.41, 5.74) is 0.987. The van der Waals surface area contributed by atoms with E-state index in [9.17, 15) is 4.79 Å². The standard InChI is InChI=1S/C29H20N2OS/c32-29-28(30-15-5-6-16-30)27(26-12-7-17-33-26)31(29)25-18-24-20-9-2-1-8-19(20)13-14-22(24)21-10-3-4-11-23(21)25/h1-18,27-28H/t27-,28-/m0/s1. The largest absolute Gasteiger partial charge is 0.340 e. The highest BCUT2D eigenvalue weighted by atomic mass is 32.1. The molecule has 0 N–H and O–H groups in total. The molecule has 2 aromatic heterocycles. The fraction of sp³-hybridized carbons (Fsp3) is 0.0690. The lowest BCUT2D eigenvalue weighted by atomic mass is 9.89. The molecular formula is C29H20N2OS. The van der Waals surface area contributed by atoms with Crippen LogP contribution < -0.4 is 4.90 Å². The molecule has 4 heteroatoms. The maximum atomic E-state index is 13.7. The van der Waals surface area contributed by atoms with Crippen molar-refractivity contribution in [3.05, 3.63) is 114 Å². The molecule has 0 radical (unpaired) electrons. The Bertz CT molecular complexity index is 1650. The third-order valence-corrected chi connectivity index (χ3v) is 7.80. The summed E-state index contributed by atoms with van der Waals surface area (Å²) in [7, 11) is 0. The summed E-state index contributed by atoms with van der Waals surface area (Å²) >= 11 is 1.71. The van der Waals surface area contributed by atoms with Crippen molar-refractivity contribution < 1.29 is 4.79 Å². The number of nitrogens with zero attached hydrogens (tertiary/aromatic N) is 2. The first kappa shape index (κ1) is 18.7. The highest BCUT2D eigenvalue weighted by Gasteiger charge is 2.50. The minimum absolute atomic E-state index is 0.0271. The summed E-state index contributed by atoms with van der Waals surface area (Å²) in [6.45, 7) is 0. The molecule has 2 atom stereocenters. The highest BCUT2D eigenvalue weighted by Crippen LogP contribution is 2.50. The van der Waals surface area contributed by atoms with Gasteiger partial charge in [0, 0.05) is 22.7 Å². The molecule has 1 aliphatic rings. The monoisotopic (exact) mass is 444 g/mol. The van der Waals surface area contributed by atoms with Crippen LogP contribution in [0.5, 0.6) is 0 Å². The number of β-lactam (4-membered cyclic amide) rings is 1. The summed E-state index contributed by atoms with van der Waals surface area (Å²) in [6.07, 6.45) is 3.99. The minimum Gasteiger partial charge on any atom is -0.340 e. The Morgan fingerprint density at radius 1 is 0.636 bits per heavy atom. The number of carbonyl (C=O) groups excluding carboxylic acids is 1. The van der Waals surface area contributed by atoms with Gasteiger partial charge in [0.2, 0.25) is 0 Å². The van der Waals surface area contributed by atoms with Crippen molar-refractivity contribution in [1.82, 2.24) is 4.57 Å². The van der Waals surface area contributed by atoms with Crippen LogP contribution in [0.3, 0.4) is 0 Å². The summed E-state index contributed by atoms with van der Waals surface area (Å²) in [4.78, 5) is 16.9. The SMILES string of the molecule is O=C1[C@@H](n2cccc2)[C@H](c2cccs2)N1c1cc2c3ccccc3ccc2c2ccccc12. The molecule has 33 heavy (non-hydrogen) atoms. The fourth-order valence-corrected chi connectivity index (χ4v) is 6.19. The first-order chi connectivity index (χ1) is 16.3. The van der Waals surface area contributed by atoms with E-state index in [2.05, 4.69) is 84.2 Å². The van der Waals surface area contributed by atoms with Gasteiger partial charge in [-0.3, -0.25) is 9.69 Å². The van der Waals surface area contributed by atoms with E-state index in [1.54, 1.807) is 11.3 Å². The Hall–Kier alpha value is -3.89. The van der Waals surface area contributed by atoms with E-state index >= 15 is 0 Å². The van der Waals surface area contributed by atoms with Crippen molar-refractivity contribution in [2.75, 3.05) is 4.90 Å². The lowest BCUT2D eigenvalue weighted by Crippen LogP contribution is -2.55. The summed E-state index contributed by atoms with van der Waals surface area (Å²) in [5.74, 6) is 0.134. The molecular weight excluding hydrogens is 424 g/mol. The molecule has 0 bridgehead atoms. The zero-order valence-electron chi connectivity index (χ0n) is 17.8. The molecule has 4 aromatic carbocycles. The van der Waals surface area contributed by atoms with Crippen LogP contribution in [0.4, 0.5) is 5.69 Å². The Morgan fingerprint density at radius 3 is 2.15 bits per heavy atom. The van der Waals surface area contributed by atoms with Gasteiger partial charge in [0.1, 0.15) is 12.1 Å². The Labute approximate surface area is 195 Å². The van der Waals surface area contributed by atoms with Crippen molar-refractivity contribution >= 4 is 55.2 Å². The molecule has 0 aliphatic carbocycles. The molecule has 1 amide bonds. The number of benzene rings is 4. The van der Waals surface area contributed by atoms with E-state index in [1.165, 1.54) is 31.8 Å². The van der Waals surface area contributed by atoms with Crippen LogP contribution in [0.2, 0.25) is 0 Å². The molecule has 0 spiro atoms. The number of thiophene rings is 1. The molecule has 1 fully saturated rings. The first-order valence-corrected chi connectivity index (χ1v) is 12.0. The molecule has 1 saturated heterocycles. The summed E-state index contributed by atoms with van der Waals surface area (Å²) in [6, 6.07) is 31.5. The molecule has 3 nitrogen and oxygen atoms in total. The number of hydrogen-bond donors (Lipinski definition) is 0. The van der Waals surface area contributed by atoms with E-state index in [1.807, 2.05) is 34.0 Å². The third-order valence-electron chi connectivity index (χ3n) is 6.86. The predicted molar refractivity (Wildman–Crippen MR) is 137 cm³/mol. The molecule has 0 unspecified atom stereocenters. The highest BCUT2D eigenvalue weighted by molar-refractivity contribution is 7.10. The summed E-state index contributed by atoms with van der Waals surface area (Å²) in [5, 5.41) is 9.21. The number of carbonyl (C=O) groups is 1. The quantitative estimate of drug-likeness (QED) is 0.207. The van der Waals surface area contributed by atoms with Gasteiger partial charge in [0.15, 0.2) is 0 Å². The number of rotatable bonds is 3. The van der Waals surface area contributed by atoms with Crippen LogP contribution in [0.15, 0.2) is 109 Å². The normalized spacial score (nSPS) is 18.3. The minimum atomic E-state index is -0.222. The van der Waals surface area contributed by atoms with Gasteiger partial charge < -0.3 is 4.57 Å². The smallest absolute Gasteiger partial charge is 0.253 e. The zero-order chi connectivity index (χ0) is 21.9. The lowest BCUT2D eigenvalue weighted by molar-refractivity contribution is -0.129. The van der Waals surface area contributed by atoms with Gasteiger partial charge in [-0.1, -0.05) is 66.7 Å². The van der Waals surface area contributed by atoms with Crippen molar-refractivity contribution in [1.29, 1.82) is 0 Å². The first-order valence-electron chi connectivity index (χ1n) is 11.1. The number of anilines is 1. The van der Waals surface area contributed by atoms with Gasteiger partial charge in [-0.2, -0.15) is 0 Å². The van der Waals surface area contributed by atoms with Gasteiger partial charge in [-0.05, 0) is 56.6 Å². The number of hydrogen-bond acceptors (Lipinski definition) is 2. The van der Waals surface area contributed by atoms with Gasteiger partial charge in [0.25, 0.3) is 5.91 Å². The van der Waals surface area contributed by atoms with Crippen LogP contribution in [0.1, 0.15) is 17.0 Å². The molecule has 3 heterocycles. The van der Waals surface area contributed by atoms with E-state index in [0.717, 1.165) is 11.1 Å². The van der Waals surface area contributed by atoms with E-state index in [4.69, 9.17) is 0 Å². The maximum absolute atomic E-state index is 13.7. The van der Waals surface area contributed by atoms with Gasteiger partial charge >= 0.3 is 0 Å². The average molecular weight is 445 g/mol. The molecule has 1 aliphatic heterocycles. The predicted octanol–water partition coefficient (Wildman–Crippen LogP) is 7.34. The second-order valence-electron chi connectivity index (χ2n) is 8.57. The van der Waals surface area contributed by atoms with Crippen molar-refractivity contribution in [2.24, 2.45) is 0 Å². The molecule has 0 saturated carbocycles. The number of amides is 1. The van der Waals surface area contributed by atoms with Crippen molar-refractivity contribution in [3.8, 4) is 0 Å².